The molecule has 2 aliphatic rings. The number of alkyl halides is 3. The fraction of sp³-hybridized carbons (Fsp3) is 0.324. The minimum absolute atomic E-state index is 0.0438. The molecule has 0 aliphatic carbocycles. The summed E-state index contributed by atoms with van der Waals surface area (Å²) < 4.78 is 45.0. The van der Waals surface area contributed by atoms with E-state index in [4.69, 9.17) is 9.40 Å². The molecular formula is C34H33F3N4O3. The molecule has 0 atom stereocenters. The first kappa shape index (κ1) is 29.6. The van der Waals surface area contributed by atoms with Gasteiger partial charge in [-0.15, -0.1) is 0 Å². The first-order valence-corrected chi connectivity index (χ1v) is 14.8. The van der Waals surface area contributed by atoms with E-state index >= 15 is 0 Å². The first-order chi connectivity index (χ1) is 21.2. The molecule has 0 radical (unpaired) electrons. The lowest BCUT2D eigenvalue weighted by atomic mass is 10.0. The molecule has 44 heavy (non-hydrogen) atoms. The molecule has 0 bridgehead atoms. The Balaban J connectivity index is 1.10. The number of carbonyl (C=O) groups is 2. The average molecular weight is 603 g/mol. The Labute approximate surface area is 253 Å². The molecule has 0 spiro atoms. The number of likely N-dealkylation sites (tertiary alicyclic amines) is 1. The highest BCUT2D eigenvalue weighted by Crippen LogP contribution is 2.35. The van der Waals surface area contributed by atoms with E-state index in [2.05, 4.69) is 4.90 Å². The molecule has 2 fully saturated rings. The summed E-state index contributed by atoms with van der Waals surface area (Å²) in [4.78, 5) is 37.2. The topological polar surface area (TPSA) is 69.9 Å². The lowest BCUT2D eigenvalue weighted by Gasteiger charge is -2.42. The summed E-state index contributed by atoms with van der Waals surface area (Å²) in [6, 6.07) is 24.7. The van der Waals surface area contributed by atoms with E-state index in [1.807, 2.05) is 77.7 Å². The molecule has 2 aromatic heterocycles. The lowest BCUT2D eigenvalue weighted by molar-refractivity contribution is -0.153. The number of hydrogen-bond acceptors (Lipinski definition) is 5. The molecule has 0 unspecified atom stereocenters. The molecule has 7 nitrogen and oxygen atoms in total. The van der Waals surface area contributed by atoms with Crippen LogP contribution in [-0.2, 0) is 6.18 Å². The molecule has 0 N–H and O–H groups in total. The molecule has 2 aromatic carbocycles. The third kappa shape index (κ3) is 6.26. The van der Waals surface area contributed by atoms with Crippen LogP contribution in [0.4, 0.5) is 13.2 Å². The van der Waals surface area contributed by atoms with E-state index in [9.17, 15) is 22.8 Å². The summed E-state index contributed by atoms with van der Waals surface area (Å²) in [5, 5.41) is 0. The number of benzene rings is 2. The molecule has 2 aliphatic heterocycles. The van der Waals surface area contributed by atoms with Gasteiger partial charge in [-0.3, -0.25) is 14.5 Å². The number of nitrogens with zero attached hydrogens (tertiary/aromatic N) is 4. The molecular weight excluding hydrogens is 569 g/mol. The van der Waals surface area contributed by atoms with Crippen LogP contribution in [-0.4, -0.2) is 76.8 Å². The Morgan fingerprint density at radius 3 is 1.80 bits per heavy atom. The highest BCUT2D eigenvalue weighted by molar-refractivity contribution is 5.97. The number of piperidine rings is 1. The number of carbonyl (C=O) groups excluding carboxylic acids is 2. The van der Waals surface area contributed by atoms with Crippen molar-refractivity contribution < 1.29 is 27.2 Å². The average Bonchev–Trinajstić information content (AvgIpc) is 3.47. The minimum Gasteiger partial charge on any atom is -0.456 e. The summed E-state index contributed by atoms with van der Waals surface area (Å²) in [6.45, 7) is 4.63. The Morgan fingerprint density at radius 2 is 1.27 bits per heavy atom. The van der Waals surface area contributed by atoms with Crippen LogP contribution in [0.5, 0.6) is 0 Å². The van der Waals surface area contributed by atoms with Gasteiger partial charge in [0.15, 0.2) is 0 Å². The van der Waals surface area contributed by atoms with E-state index in [0.717, 1.165) is 22.5 Å². The van der Waals surface area contributed by atoms with Crippen LogP contribution in [0.25, 0.3) is 22.5 Å². The molecule has 228 valence electrons. The summed E-state index contributed by atoms with van der Waals surface area (Å²) in [5.74, 6) is -1.87. The van der Waals surface area contributed by atoms with Gasteiger partial charge in [0, 0.05) is 62.0 Å². The van der Waals surface area contributed by atoms with Gasteiger partial charge in [0.05, 0.1) is 17.0 Å². The number of piperazine rings is 1. The number of furan rings is 1. The van der Waals surface area contributed by atoms with E-state index < -0.39 is 23.4 Å². The summed E-state index contributed by atoms with van der Waals surface area (Å²) in [5.41, 5.74) is 3.51. The number of rotatable bonds is 5. The summed E-state index contributed by atoms with van der Waals surface area (Å²) in [6.07, 6.45) is -3.41. The van der Waals surface area contributed by atoms with Crippen LogP contribution < -0.4 is 0 Å². The van der Waals surface area contributed by atoms with Crippen molar-refractivity contribution in [3.8, 4) is 22.5 Å². The zero-order chi connectivity index (χ0) is 30.8. The van der Waals surface area contributed by atoms with Gasteiger partial charge in [-0.25, -0.2) is 4.98 Å². The predicted molar refractivity (Wildman–Crippen MR) is 160 cm³/mol. The second-order valence-corrected chi connectivity index (χ2v) is 11.3. The van der Waals surface area contributed by atoms with E-state index in [1.165, 1.54) is 17.9 Å². The Kier molecular flexibility index (Phi) is 8.27. The Hall–Kier alpha value is -4.44. The van der Waals surface area contributed by atoms with Gasteiger partial charge in [0.1, 0.15) is 5.76 Å². The van der Waals surface area contributed by atoms with Crippen molar-refractivity contribution in [3.63, 3.8) is 0 Å². The molecule has 2 saturated heterocycles. The Bertz CT molecular complexity index is 1560. The highest BCUT2D eigenvalue weighted by Gasteiger charge is 2.41. The van der Waals surface area contributed by atoms with Crippen molar-refractivity contribution in [2.24, 2.45) is 0 Å². The third-order valence-electron chi connectivity index (χ3n) is 8.42. The van der Waals surface area contributed by atoms with Crippen molar-refractivity contribution in [2.45, 2.75) is 32.0 Å². The van der Waals surface area contributed by atoms with Crippen molar-refractivity contribution in [3.05, 3.63) is 102 Å². The molecule has 2 amide bonds. The van der Waals surface area contributed by atoms with Crippen LogP contribution in [0.2, 0.25) is 0 Å². The first-order valence-electron chi connectivity index (χ1n) is 14.8. The zero-order valence-corrected chi connectivity index (χ0v) is 24.4. The molecule has 10 heteroatoms. The standard InChI is InChI=1S/C34H33F3N4O3/c1-23-20-28(31(44-23)34(35,36)37)33(43)40-14-12-27(13-15-40)39-16-18-41(19-17-39)32(42)26-21-29(24-8-4-2-5-9-24)38-30(22-26)25-10-6-3-7-11-25/h2-11,20-22,27H,12-19H2,1H3. The van der Waals surface area contributed by atoms with Gasteiger partial charge >= 0.3 is 6.18 Å². The van der Waals surface area contributed by atoms with Crippen LogP contribution in [0.1, 0.15) is 45.1 Å². The minimum atomic E-state index is -4.73. The number of aromatic nitrogens is 1. The normalized spacial score (nSPS) is 16.7. The van der Waals surface area contributed by atoms with E-state index in [0.29, 0.717) is 57.7 Å². The number of hydrogen-bond donors (Lipinski definition) is 0. The fourth-order valence-electron chi connectivity index (χ4n) is 6.13. The lowest BCUT2D eigenvalue weighted by Crippen LogP contribution is -2.54. The van der Waals surface area contributed by atoms with Crippen LogP contribution in [0, 0.1) is 6.92 Å². The summed E-state index contributed by atoms with van der Waals surface area (Å²) >= 11 is 0. The van der Waals surface area contributed by atoms with Crippen molar-refractivity contribution in [2.75, 3.05) is 39.3 Å². The van der Waals surface area contributed by atoms with Crippen molar-refractivity contribution >= 4 is 11.8 Å². The number of aryl methyl sites for hydroxylation is 1. The molecule has 4 heterocycles. The monoisotopic (exact) mass is 602 g/mol. The number of amides is 2. The maximum atomic E-state index is 13.7. The second kappa shape index (κ2) is 12.3. The van der Waals surface area contributed by atoms with Gasteiger partial charge in [0.2, 0.25) is 5.76 Å². The third-order valence-corrected chi connectivity index (χ3v) is 8.42. The number of pyridine rings is 1. The molecule has 6 rings (SSSR count). The van der Waals surface area contributed by atoms with Crippen LogP contribution in [0.3, 0.4) is 0 Å². The van der Waals surface area contributed by atoms with Gasteiger partial charge in [-0.2, -0.15) is 13.2 Å². The Morgan fingerprint density at radius 1 is 0.750 bits per heavy atom. The number of halogens is 3. The van der Waals surface area contributed by atoms with Crippen LogP contribution in [0.15, 0.2) is 83.3 Å². The van der Waals surface area contributed by atoms with Gasteiger partial charge < -0.3 is 14.2 Å². The maximum absolute atomic E-state index is 13.7. The quantitative estimate of drug-likeness (QED) is 0.265. The van der Waals surface area contributed by atoms with Crippen LogP contribution >= 0.6 is 0 Å². The molecule has 4 aromatic rings. The van der Waals surface area contributed by atoms with Crippen molar-refractivity contribution in [1.29, 1.82) is 0 Å². The van der Waals surface area contributed by atoms with Gasteiger partial charge in [-0.05, 0) is 38.0 Å². The van der Waals surface area contributed by atoms with Crippen molar-refractivity contribution in [1.82, 2.24) is 19.7 Å². The SMILES string of the molecule is Cc1cc(C(=O)N2CCC(N3CCN(C(=O)c4cc(-c5ccccc5)nc(-c5ccccc5)c4)CC3)CC2)c(C(F)(F)F)o1. The van der Waals surface area contributed by atoms with Gasteiger partial charge in [0.25, 0.3) is 11.8 Å². The van der Waals surface area contributed by atoms with Gasteiger partial charge in [-0.1, -0.05) is 60.7 Å². The predicted octanol–water partition coefficient (Wildman–Crippen LogP) is 6.40. The van der Waals surface area contributed by atoms with E-state index in [1.54, 1.807) is 0 Å². The van der Waals surface area contributed by atoms with E-state index in [-0.39, 0.29) is 17.7 Å². The maximum Gasteiger partial charge on any atom is 0.450 e. The fourth-order valence-corrected chi connectivity index (χ4v) is 6.13. The largest absolute Gasteiger partial charge is 0.456 e. The zero-order valence-electron chi connectivity index (χ0n) is 24.4. The highest BCUT2D eigenvalue weighted by atomic mass is 19.4. The second-order valence-electron chi connectivity index (χ2n) is 11.3. The summed E-state index contributed by atoms with van der Waals surface area (Å²) in [7, 11) is 0. The molecule has 0 saturated carbocycles. The smallest absolute Gasteiger partial charge is 0.450 e.